The molecule has 0 aliphatic rings. The minimum Gasteiger partial charge on any atom is -0.481 e. The molecule has 0 bridgehead atoms. The van der Waals surface area contributed by atoms with Gasteiger partial charge in [-0.25, -0.2) is 9.78 Å². The van der Waals surface area contributed by atoms with E-state index in [1.807, 2.05) is 0 Å². The molecular formula is C11H8ClNO4. The highest BCUT2D eigenvalue weighted by atomic mass is 35.5. The standard InChI is InChI=1S/C11H8ClNO4/c12-6-1-3-9-8(5-6)13-7(11(16)17-9)2-4-10(14)15/h1,3,5H,2,4H2,(H,14,15). The van der Waals surface area contributed by atoms with Crippen LogP contribution in [-0.2, 0) is 11.2 Å². The van der Waals surface area contributed by atoms with Gasteiger partial charge in [-0.05, 0) is 18.2 Å². The zero-order chi connectivity index (χ0) is 12.4. The van der Waals surface area contributed by atoms with Gasteiger partial charge in [-0.3, -0.25) is 4.79 Å². The maximum atomic E-state index is 11.5. The van der Waals surface area contributed by atoms with E-state index in [-0.39, 0.29) is 18.5 Å². The number of rotatable bonds is 3. The predicted octanol–water partition coefficient (Wildman–Crippen LogP) is 1.86. The Balaban J connectivity index is 2.46. The van der Waals surface area contributed by atoms with Gasteiger partial charge in [0.05, 0.1) is 6.42 Å². The van der Waals surface area contributed by atoms with Crippen molar-refractivity contribution in [3.8, 4) is 0 Å². The smallest absolute Gasteiger partial charge is 0.358 e. The first kappa shape index (κ1) is 11.6. The first-order valence-corrected chi connectivity index (χ1v) is 5.25. The second kappa shape index (κ2) is 4.55. The van der Waals surface area contributed by atoms with Gasteiger partial charge < -0.3 is 9.52 Å². The number of benzene rings is 1. The SMILES string of the molecule is O=C(O)CCc1nc2cc(Cl)ccc2oc1=O. The third-order valence-electron chi connectivity index (χ3n) is 2.19. The van der Waals surface area contributed by atoms with Crippen molar-refractivity contribution in [1.82, 2.24) is 4.98 Å². The van der Waals surface area contributed by atoms with Crippen LogP contribution in [0.2, 0.25) is 5.02 Å². The van der Waals surface area contributed by atoms with Gasteiger partial charge in [0.25, 0.3) is 0 Å². The van der Waals surface area contributed by atoms with Crippen molar-refractivity contribution in [2.45, 2.75) is 12.8 Å². The van der Waals surface area contributed by atoms with E-state index in [0.717, 1.165) is 0 Å². The first-order chi connectivity index (χ1) is 8.06. The van der Waals surface area contributed by atoms with Crippen LogP contribution < -0.4 is 5.63 Å². The average molecular weight is 254 g/mol. The quantitative estimate of drug-likeness (QED) is 0.903. The summed E-state index contributed by atoms with van der Waals surface area (Å²) in [5.74, 6) is -0.989. The van der Waals surface area contributed by atoms with E-state index >= 15 is 0 Å². The van der Waals surface area contributed by atoms with Gasteiger partial charge in [0.2, 0.25) is 0 Å². The zero-order valence-corrected chi connectivity index (χ0v) is 9.40. The monoisotopic (exact) mass is 253 g/mol. The third-order valence-corrected chi connectivity index (χ3v) is 2.43. The largest absolute Gasteiger partial charge is 0.481 e. The second-order valence-electron chi connectivity index (χ2n) is 3.45. The number of aromatic nitrogens is 1. The minimum absolute atomic E-state index is 0.0418. The van der Waals surface area contributed by atoms with Crippen LogP contribution in [0.1, 0.15) is 12.1 Å². The lowest BCUT2D eigenvalue weighted by Gasteiger charge is -2.00. The molecule has 0 unspecified atom stereocenters. The lowest BCUT2D eigenvalue weighted by atomic mass is 10.2. The van der Waals surface area contributed by atoms with Crippen molar-refractivity contribution in [1.29, 1.82) is 0 Å². The number of carbonyl (C=O) groups is 1. The van der Waals surface area contributed by atoms with Gasteiger partial charge >= 0.3 is 11.6 Å². The molecule has 5 nitrogen and oxygen atoms in total. The second-order valence-corrected chi connectivity index (χ2v) is 3.89. The molecule has 6 heteroatoms. The Morgan fingerprint density at radius 1 is 1.47 bits per heavy atom. The topological polar surface area (TPSA) is 80.4 Å². The van der Waals surface area contributed by atoms with Crippen molar-refractivity contribution in [2.24, 2.45) is 0 Å². The van der Waals surface area contributed by atoms with E-state index in [0.29, 0.717) is 16.1 Å². The summed E-state index contributed by atoms with van der Waals surface area (Å²) in [5, 5.41) is 9.02. The Labute approximate surface area is 101 Å². The zero-order valence-electron chi connectivity index (χ0n) is 8.64. The van der Waals surface area contributed by atoms with Crippen molar-refractivity contribution in [2.75, 3.05) is 0 Å². The Hall–Kier alpha value is -1.88. The van der Waals surface area contributed by atoms with Gasteiger partial charge in [-0.15, -0.1) is 0 Å². The van der Waals surface area contributed by atoms with Crippen LogP contribution in [0, 0.1) is 0 Å². The number of hydrogen-bond acceptors (Lipinski definition) is 4. The molecular weight excluding hydrogens is 246 g/mol. The van der Waals surface area contributed by atoms with Gasteiger partial charge in [0.1, 0.15) is 11.2 Å². The van der Waals surface area contributed by atoms with Crippen molar-refractivity contribution in [3.63, 3.8) is 0 Å². The Kier molecular flexibility index (Phi) is 3.10. The number of carboxylic acid groups (broad SMARTS) is 1. The van der Waals surface area contributed by atoms with E-state index < -0.39 is 11.6 Å². The third kappa shape index (κ3) is 2.62. The highest BCUT2D eigenvalue weighted by Crippen LogP contribution is 2.16. The molecule has 2 aromatic rings. The summed E-state index contributed by atoms with van der Waals surface area (Å²) in [6.07, 6.45) is -0.121. The van der Waals surface area contributed by atoms with Crippen LogP contribution in [0.3, 0.4) is 0 Å². The van der Waals surface area contributed by atoms with Crippen molar-refractivity contribution >= 4 is 28.7 Å². The molecule has 0 aliphatic carbocycles. The molecule has 0 radical (unpaired) electrons. The number of halogens is 1. The molecule has 88 valence electrons. The number of carboxylic acids is 1. The minimum atomic E-state index is -0.989. The summed E-state index contributed by atoms with van der Waals surface area (Å²) >= 11 is 5.78. The summed E-state index contributed by atoms with van der Waals surface area (Å²) in [4.78, 5) is 25.9. The van der Waals surface area contributed by atoms with Crippen LogP contribution in [-0.4, -0.2) is 16.1 Å². The Bertz CT molecular complexity index is 635. The fourth-order valence-electron chi connectivity index (χ4n) is 1.40. The van der Waals surface area contributed by atoms with Crippen molar-refractivity contribution < 1.29 is 14.3 Å². The Morgan fingerprint density at radius 3 is 2.94 bits per heavy atom. The molecule has 0 fully saturated rings. The van der Waals surface area contributed by atoms with E-state index in [1.165, 1.54) is 0 Å². The molecule has 0 saturated heterocycles. The molecule has 1 aromatic carbocycles. The molecule has 0 aliphatic heterocycles. The number of nitrogens with zero attached hydrogens (tertiary/aromatic N) is 1. The summed E-state index contributed by atoms with van der Waals surface area (Å²) < 4.78 is 5.01. The lowest BCUT2D eigenvalue weighted by Crippen LogP contribution is -2.12. The molecule has 1 N–H and O–H groups in total. The molecule has 1 heterocycles. The summed E-state index contributed by atoms with van der Waals surface area (Å²) in [6, 6.07) is 4.70. The van der Waals surface area contributed by atoms with E-state index in [4.69, 9.17) is 21.1 Å². The fourth-order valence-corrected chi connectivity index (χ4v) is 1.56. The maximum Gasteiger partial charge on any atom is 0.358 e. The Morgan fingerprint density at radius 2 is 2.24 bits per heavy atom. The van der Waals surface area contributed by atoms with Crippen LogP contribution >= 0.6 is 11.6 Å². The molecule has 17 heavy (non-hydrogen) atoms. The highest BCUT2D eigenvalue weighted by molar-refractivity contribution is 6.31. The lowest BCUT2D eigenvalue weighted by molar-refractivity contribution is -0.136. The number of hydrogen-bond donors (Lipinski definition) is 1. The summed E-state index contributed by atoms with van der Waals surface area (Å²) in [6.45, 7) is 0. The first-order valence-electron chi connectivity index (χ1n) is 4.87. The van der Waals surface area contributed by atoms with Crippen molar-refractivity contribution in [3.05, 3.63) is 39.3 Å². The summed E-state index contributed by atoms with van der Waals surface area (Å²) in [7, 11) is 0. The molecule has 1 aromatic heterocycles. The normalized spacial score (nSPS) is 10.6. The van der Waals surface area contributed by atoms with E-state index in [9.17, 15) is 9.59 Å². The number of aryl methyl sites for hydroxylation is 1. The highest BCUT2D eigenvalue weighted by Gasteiger charge is 2.09. The van der Waals surface area contributed by atoms with Gasteiger partial charge in [0, 0.05) is 11.4 Å². The van der Waals surface area contributed by atoms with Gasteiger partial charge in [0.15, 0.2) is 5.58 Å². The van der Waals surface area contributed by atoms with Crippen LogP contribution in [0.25, 0.3) is 11.1 Å². The van der Waals surface area contributed by atoms with E-state index in [1.54, 1.807) is 18.2 Å². The van der Waals surface area contributed by atoms with Gasteiger partial charge in [-0.2, -0.15) is 0 Å². The van der Waals surface area contributed by atoms with Gasteiger partial charge in [-0.1, -0.05) is 11.6 Å². The predicted molar refractivity (Wildman–Crippen MR) is 61.2 cm³/mol. The number of aliphatic carboxylic acids is 1. The maximum absolute atomic E-state index is 11.5. The molecule has 0 saturated carbocycles. The van der Waals surface area contributed by atoms with E-state index in [2.05, 4.69) is 4.98 Å². The fraction of sp³-hybridized carbons (Fsp3) is 0.182. The van der Waals surface area contributed by atoms with Crippen LogP contribution in [0.5, 0.6) is 0 Å². The summed E-state index contributed by atoms with van der Waals surface area (Å²) in [5.41, 5.74) is 0.263. The molecule has 0 spiro atoms. The number of fused-ring (bicyclic) bond motifs is 1. The van der Waals surface area contributed by atoms with Crippen LogP contribution in [0.15, 0.2) is 27.4 Å². The molecule has 2 rings (SSSR count). The van der Waals surface area contributed by atoms with Crippen LogP contribution in [0.4, 0.5) is 0 Å². The molecule has 0 amide bonds. The average Bonchev–Trinajstić information content (AvgIpc) is 2.26. The molecule has 0 atom stereocenters.